The molecule has 3 heterocycles. The lowest BCUT2D eigenvalue weighted by Gasteiger charge is -2.06. The summed E-state index contributed by atoms with van der Waals surface area (Å²) in [5.41, 5.74) is 3.13. The first-order chi connectivity index (χ1) is 14.0. The van der Waals surface area contributed by atoms with Gasteiger partial charge in [-0.2, -0.15) is 0 Å². The fraction of sp³-hybridized carbons (Fsp3) is 0.143. The smallest absolute Gasteiger partial charge is 0.149 e. The van der Waals surface area contributed by atoms with E-state index in [0.29, 0.717) is 28.7 Å². The molecule has 1 N–H and O–H groups in total. The highest BCUT2D eigenvalue weighted by Crippen LogP contribution is 2.42. The van der Waals surface area contributed by atoms with Crippen LogP contribution >= 0.6 is 22.9 Å². The summed E-state index contributed by atoms with van der Waals surface area (Å²) in [6.07, 6.45) is 5.46. The molecule has 146 valence electrons. The van der Waals surface area contributed by atoms with E-state index in [1.54, 1.807) is 38.7 Å². The standard InChI is InChI=1S/C21H17ClN4O2S/c1-12(27)9-14-10-13(5-6-23-14)21-26-18(19(29-21)20-24-7-8-25-20)16-4-3-15(28-2)11-17(16)22/h3-8,10-11H,9H2,1-2H3,(H,24,25). The van der Waals surface area contributed by atoms with E-state index in [-0.39, 0.29) is 5.78 Å². The second-order valence-corrected chi connectivity index (χ2v) is 7.80. The summed E-state index contributed by atoms with van der Waals surface area (Å²) in [4.78, 5) is 29.0. The predicted molar refractivity (Wildman–Crippen MR) is 114 cm³/mol. The van der Waals surface area contributed by atoms with E-state index in [2.05, 4.69) is 15.0 Å². The molecule has 1 aromatic carbocycles. The van der Waals surface area contributed by atoms with Crippen LogP contribution in [0, 0.1) is 0 Å². The Morgan fingerprint density at radius 3 is 2.76 bits per heavy atom. The van der Waals surface area contributed by atoms with E-state index in [1.165, 1.54) is 11.3 Å². The molecule has 0 aliphatic rings. The largest absolute Gasteiger partial charge is 0.497 e. The molecule has 0 aliphatic carbocycles. The van der Waals surface area contributed by atoms with Crippen molar-refractivity contribution in [3.8, 4) is 38.3 Å². The average molecular weight is 425 g/mol. The number of aromatic amines is 1. The number of ether oxygens (including phenoxy) is 1. The number of carbonyl (C=O) groups excluding carboxylic acids is 1. The van der Waals surface area contributed by atoms with Crippen molar-refractivity contribution in [1.82, 2.24) is 19.9 Å². The molecule has 0 bridgehead atoms. The molecule has 0 radical (unpaired) electrons. The highest BCUT2D eigenvalue weighted by Gasteiger charge is 2.20. The molecule has 0 aliphatic heterocycles. The van der Waals surface area contributed by atoms with Crippen molar-refractivity contribution in [3.05, 3.63) is 59.6 Å². The van der Waals surface area contributed by atoms with Gasteiger partial charge in [-0.1, -0.05) is 11.6 Å². The van der Waals surface area contributed by atoms with E-state index in [0.717, 1.165) is 26.7 Å². The number of nitrogens with one attached hydrogen (secondary N) is 1. The van der Waals surface area contributed by atoms with Crippen LogP contribution in [0.5, 0.6) is 5.75 Å². The Morgan fingerprint density at radius 2 is 2.07 bits per heavy atom. The van der Waals surface area contributed by atoms with Gasteiger partial charge in [0.05, 0.1) is 22.7 Å². The number of methoxy groups -OCH3 is 1. The van der Waals surface area contributed by atoms with Gasteiger partial charge in [0.1, 0.15) is 22.4 Å². The SMILES string of the molecule is COc1ccc(-c2nc(-c3ccnc(CC(C)=O)c3)sc2-c2ncc[nH]2)c(Cl)c1. The van der Waals surface area contributed by atoms with Gasteiger partial charge in [0.15, 0.2) is 0 Å². The third-order valence-electron chi connectivity index (χ3n) is 4.27. The van der Waals surface area contributed by atoms with Gasteiger partial charge < -0.3 is 9.72 Å². The van der Waals surface area contributed by atoms with Crippen LogP contribution in [0.4, 0.5) is 0 Å². The first-order valence-corrected chi connectivity index (χ1v) is 10.0. The maximum Gasteiger partial charge on any atom is 0.149 e. The van der Waals surface area contributed by atoms with E-state index >= 15 is 0 Å². The summed E-state index contributed by atoms with van der Waals surface area (Å²) in [5.74, 6) is 1.46. The Labute approximate surface area is 176 Å². The van der Waals surface area contributed by atoms with Crippen LogP contribution in [0.1, 0.15) is 12.6 Å². The van der Waals surface area contributed by atoms with Crippen LogP contribution in [0.3, 0.4) is 0 Å². The normalized spacial score (nSPS) is 10.9. The quantitative estimate of drug-likeness (QED) is 0.468. The highest BCUT2D eigenvalue weighted by atomic mass is 35.5. The van der Waals surface area contributed by atoms with Crippen molar-refractivity contribution in [2.75, 3.05) is 7.11 Å². The average Bonchev–Trinajstić information content (AvgIpc) is 3.37. The fourth-order valence-electron chi connectivity index (χ4n) is 2.95. The summed E-state index contributed by atoms with van der Waals surface area (Å²) in [6, 6.07) is 9.28. The number of halogens is 1. The number of hydrogen-bond donors (Lipinski definition) is 1. The van der Waals surface area contributed by atoms with Crippen LogP contribution in [0.2, 0.25) is 5.02 Å². The molecule has 0 spiro atoms. The summed E-state index contributed by atoms with van der Waals surface area (Å²) in [6.45, 7) is 1.55. The summed E-state index contributed by atoms with van der Waals surface area (Å²) >= 11 is 8.02. The number of ketones is 1. The number of aromatic nitrogens is 4. The number of imidazole rings is 1. The summed E-state index contributed by atoms with van der Waals surface area (Å²) in [7, 11) is 1.60. The Morgan fingerprint density at radius 1 is 1.21 bits per heavy atom. The van der Waals surface area contributed by atoms with Crippen molar-refractivity contribution in [1.29, 1.82) is 0 Å². The van der Waals surface area contributed by atoms with Gasteiger partial charge in [-0.15, -0.1) is 11.3 Å². The second-order valence-electron chi connectivity index (χ2n) is 6.39. The first-order valence-electron chi connectivity index (χ1n) is 8.84. The van der Waals surface area contributed by atoms with Crippen molar-refractivity contribution >= 4 is 28.7 Å². The Hall–Kier alpha value is -3.03. The minimum Gasteiger partial charge on any atom is -0.497 e. The Kier molecular flexibility index (Phi) is 5.42. The van der Waals surface area contributed by atoms with Gasteiger partial charge >= 0.3 is 0 Å². The molecule has 4 rings (SSSR count). The van der Waals surface area contributed by atoms with Crippen LogP contribution in [0.25, 0.3) is 32.5 Å². The third kappa shape index (κ3) is 4.06. The molecule has 0 fully saturated rings. The van der Waals surface area contributed by atoms with Crippen molar-refractivity contribution in [2.24, 2.45) is 0 Å². The van der Waals surface area contributed by atoms with Crippen molar-refractivity contribution in [3.63, 3.8) is 0 Å². The maximum atomic E-state index is 11.5. The molecule has 0 amide bonds. The van der Waals surface area contributed by atoms with Crippen LogP contribution in [-0.4, -0.2) is 32.8 Å². The van der Waals surface area contributed by atoms with Gasteiger partial charge in [-0.25, -0.2) is 9.97 Å². The van der Waals surface area contributed by atoms with Crippen molar-refractivity contribution in [2.45, 2.75) is 13.3 Å². The molecule has 0 saturated heterocycles. The van der Waals surface area contributed by atoms with E-state index < -0.39 is 0 Å². The molecule has 3 aromatic heterocycles. The van der Waals surface area contributed by atoms with Gasteiger partial charge in [0, 0.05) is 41.8 Å². The zero-order valence-corrected chi connectivity index (χ0v) is 17.3. The highest BCUT2D eigenvalue weighted by molar-refractivity contribution is 7.18. The summed E-state index contributed by atoms with van der Waals surface area (Å²) in [5, 5.41) is 1.34. The molecule has 8 heteroatoms. The molecular formula is C21H17ClN4O2S. The van der Waals surface area contributed by atoms with E-state index in [1.807, 2.05) is 24.3 Å². The lowest BCUT2D eigenvalue weighted by atomic mass is 10.1. The summed E-state index contributed by atoms with van der Waals surface area (Å²) < 4.78 is 5.25. The molecule has 0 atom stereocenters. The van der Waals surface area contributed by atoms with E-state index in [4.69, 9.17) is 21.3 Å². The number of Topliss-reactive ketones (excluding diaryl/α,β-unsaturated/α-hetero) is 1. The van der Waals surface area contributed by atoms with E-state index in [9.17, 15) is 4.79 Å². The molecular weight excluding hydrogens is 408 g/mol. The lowest BCUT2D eigenvalue weighted by molar-refractivity contribution is -0.116. The lowest BCUT2D eigenvalue weighted by Crippen LogP contribution is -1.98. The predicted octanol–water partition coefficient (Wildman–Crippen LogP) is 5.06. The van der Waals surface area contributed by atoms with Gasteiger partial charge in [0.2, 0.25) is 0 Å². The number of benzene rings is 1. The van der Waals surface area contributed by atoms with Crippen LogP contribution in [-0.2, 0) is 11.2 Å². The minimum atomic E-state index is 0.0655. The van der Waals surface area contributed by atoms with Gasteiger partial charge in [-0.05, 0) is 37.3 Å². The topological polar surface area (TPSA) is 80.8 Å². The van der Waals surface area contributed by atoms with Gasteiger partial charge in [0.25, 0.3) is 0 Å². The number of H-pyrrole nitrogens is 1. The molecule has 6 nitrogen and oxygen atoms in total. The number of carbonyl (C=O) groups is 1. The maximum absolute atomic E-state index is 11.5. The number of pyridine rings is 1. The zero-order valence-electron chi connectivity index (χ0n) is 15.8. The van der Waals surface area contributed by atoms with Crippen LogP contribution < -0.4 is 4.74 Å². The van der Waals surface area contributed by atoms with Gasteiger partial charge in [-0.3, -0.25) is 9.78 Å². The second kappa shape index (κ2) is 8.14. The zero-order chi connectivity index (χ0) is 20.4. The van der Waals surface area contributed by atoms with Crippen molar-refractivity contribution < 1.29 is 9.53 Å². The molecule has 0 saturated carbocycles. The molecule has 29 heavy (non-hydrogen) atoms. The molecule has 4 aromatic rings. The number of thiazole rings is 1. The van der Waals surface area contributed by atoms with Crippen LogP contribution in [0.15, 0.2) is 48.9 Å². The Bertz CT molecular complexity index is 1170. The molecule has 0 unspecified atom stereocenters. The Balaban J connectivity index is 1.84. The monoisotopic (exact) mass is 424 g/mol. The number of hydrogen-bond acceptors (Lipinski definition) is 6. The third-order valence-corrected chi connectivity index (χ3v) is 5.69. The fourth-order valence-corrected chi connectivity index (χ4v) is 4.25. The first kappa shape index (κ1) is 19.3. The number of nitrogens with zero attached hydrogens (tertiary/aromatic N) is 3. The minimum absolute atomic E-state index is 0.0655. The number of rotatable bonds is 6.